The molecule has 0 aliphatic heterocycles. The fourth-order valence-corrected chi connectivity index (χ4v) is 1.54. The third-order valence-corrected chi connectivity index (χ3v) is 2.64. The number of ether oxygens (including phenoxy) is 2. The van der Waals surface area contributed by atoms with Crippen LogP contribution in [0, 0.1) is 0 Å². The Hall–Kier alpha value is -1.75. The van der Waals surface area contributed by atoms with E-state index in [9.17, 15) is 4.79 Å². The van der Waals surface area contributed by atoms with E-state index in [4.69, 9.17) is 15.2 Å². The standard InChI is InChI=1S/C13H20N2O3/c1-9(6-7-17-2)15-13(16)11-5-4-10(18-3)8-12(11)14/h4-5,8-9H,6-7,14H2,1-3H3,(H,15,16). The summed E-state index contributed by atoms with van der Waals surface area (Å²) < 4.78 is 10.00. The Labute approximate surface area is 107 Å². The fourth-order valence-electron chi connectivity index (χ4n) is 1.54. The summed E-state index contributed by atoms with van der Waals surface area (Å²) in [7, 11) is 3.19. The maximum Gasteiger partial charge on any atom is 0.253 e. The maximum absolute atomic E-state index is 12.0. The zero-order valence-corrected chi connectivity index (χ0v) is 11.0. The van der Waals surface area contributed by atoms with E-state index in [2.05, 4.69) is 5.32 Å². The van der Waals surface area contributed by atoms with Crippen LogP contribution in [0.3, 0.4) is 0 Å². The van der Waals surface area contributed by atoms with Crippen molar-refractivity contribution in [3.63, 3.8) is 0 Å². The van der Waals surface area contributed by atoms with Crippen LogP contribution in [-0.2, 0) is 4.74 Å². The van der Waals surface area contributed by atoms with Gasteiger partial charge in [-0.25, -0.2) is 0 Å². The Morgan fingerprint density at radius 1 is 1.44 bits per heavy atom. The van der Waals surface area contributed by atoms with Gasteiger partial charge in [-0.2, -0.15) is 0 Å². The lowest BCUT2D eigenvalue weighted by Gasteiger charge is -2.14. The van der Waals surface area contributed by atoms with Crippen LogP contribution in [0.15, 0.2) is 18.2 Å². The molecule has 3 N–H and O–H groups in total. The minimum atomic E-state index is -0.182. The summed E-state index contributed by atoms with van der Waals surface area (Å²) in [6.07, 6.45) is 0.762. The normalized spacial score (nSPS) is 11.9. The number of carbonyl (C=O) groups excluding carboxylic acids is 1. The van der Waals surface area contributed by atoms with Crippen LogP contribution < -0.4 is 15.8 Å². The van der Waals surface area contributed by atoms with E-state index in [-0.39, 0.29) is 11.9 Å². The molecule has 1 aromatic rings. The first-order valence-corrected chi connectivity index (χ1v) is 5.81. The highest BCUT2D eigenvalue weighted by Crippen LogP contribution is 2.19. The molecule has 18 heavy (non-hydrogen) atoms. The number of methoxy groups -OCH3 is 2. The quantitative estimate of drug-likeness (QED) is 0.751. The third kappa shape index (κ3) is 3.92. The molecule has 0 aromatic heterocycles. The summed E-state index contributed by atoms with van der Waals surface area (Å²) in [5.41, 5.74) is 6.67. The van der Waals surface area contributed by atoms with Gasteiger partial charge in [0.1, 0.15) is 5.75 Å². The Morgan fingerprint density at radius 2 is 2.17 bits per heavy atom. The van der Waals surface area contributed by atoms with Gasteiger partial charge < -0.3 is 20.5 Å². The van der Waals surface area contributed by atoms with Crippen LogP contribution in [0.4, 0.5) is 5.69 Å². The van der Waals surface area contributed by atoms with Gasteiger partial charge in [0, 0.05) is 31.5 Å². The van der Waals surface area contributed by atoms with E-state index >= 15 is 0 Å². The smallest absolute Gasteiger partial charge is 0.253 e. The molecule has 5 heteroatoms. The molecule has 0 saturated carbocycles. The number of nitrogen functional groups attached to an aromatic ring is 1. The minimum Gasteiger partial charge on any atom is -0.497 e. The molecule has 0 saturated heterocycles. The van der Waals surface area contributed by atoms with E-state index in [0.717, 1.165) is 6.42 Å². The Kier molecular flexibility index (Phi) is 5.45. The predicted molar refractivity (Wildman–Crippen MR) is 70.8 cm³/mol. The lowest BCUT2D eigenvalue weighted by molar-refractivity contribution is 0.0930. The molecule has 5 nitrogen and oxygen atoms in total. The molecular weight excluding hydrogens is 232 g/mol. The van der Waals surface area contributed by atoms with Gasteiger partial charge in [0.2, 0.25) is 0 Å². The molecule has 1 atom stereocenters. The summed E-state index contributed by atoms with van der Waals surface area (Å²) >= 11 is 0. The first-order chi connectivity index (χ1) is 8.58. The number of amides is 1. The number of carbonyl (C=O) groups is 1. The fraction of sp³-hybridized carbons (Fsp3) is 0.462. The average molecular weight is 252 g/mol. The van der Waals surface area contributed by atoms with Crippen molar-refractivity contribution in [2.75, 3.05) is 26.6 Å². The van der Waals surface area contributed by atoms with Crippen LogP contribution in [0.25, 0.3) is 0 Å². The molecule has 1 unspecified atom stereocenters. The second-order valence-electron chi connectivity index (χ2n) is 4.11. The number of anilines is 1. The second-order valence-corrected chi connectivity index (χ2v) is 4.11. The van der Waals surface area contributed by atoms with Gasteiger partial charge in [-0.05, 0) is 25.5 Å². The highest BCUT2D eigenvalue weighted by atomic mass is 16.5. The molecule has 0 fully saturated rings. The van der Waals surface area contributed by atoms with Crippen molar-refractivity contribution in [1.29, 1.82) is 0 Å². The van der Waals surface area contributed by atoms with Gasteiger partial charge in [-0.15, -0.1) is 0 Å². The SMILES string of the molecule is COCCC(C)NC(=O)c1ccc(OC)cc1N. The number of nitrogens with one attached hydrogen (secondary N) is 1. The molecule has 1 rings (SSSR count). The molecule has 0 aliphatic rings. The van der Waals surface area contributed by atoms with Gasteiger partial charge in [-0.1, -0.05) is 0 Å². The van der Waals surface area contributed by atoms with Crippen molar-refractivity contribution in [2.24, 2.45) is 0 Å². The highest BCUT2D eigenvalue weighted by molar-refractivity contribution is 5.99. The van der Waals surface area contributed by atoms with E-state index in [1.807, 2.05) is 6.92 Å². The number of rotatable bonds is 6. The van der Waals surface area contributed by atoms with Gasteiger partial charge in [0.15, 0.2) is 0 Å². The monoisotopic (exact) mass is 252 g/mol. The van der Waals surface area contributed by atoms with Crippen LogP contribution >= 0.6 is 0 Å². The molecule has 0 bridgehead atoms. The maximum atomic E-state index is 12.0. The predicted octanol–water partition coefficient (Wildman–Crippen LogP) is 1.43. The van der Waals surface area contributed by atoms with Crippen molar-refractivity contribution in [3.8, 4) is 5.75 Å². The lowest BCUT2D eigenvalue weighted by Crippen LogP contribution is -2.33. The third-order valence-electron chi connectivity index (χ3n) is 2.64. The number of nitrogens with two attached hydrogens (primary N) is 1. The van der Waals surface area contributed by atoms with Crippen LogP contribution in [0.5, 0.6) is 5.75 Å². The molecular formula is C13H20N2O3. The number of hydrogen-bond acceptors (Lipinski definition) is 4. The van der Waals surface area contributed by atoms with Crippen molar-refractivity contribution in [2.45, 2.75) is 19.4 Å². The van der Waals surface area contributed by atoms with Crippen LogP contribution in [0.1, 0.15) is 23.7 Å². The Balaban J connectivity index is 2.66. The van der Waals surface area contributed by atoms with Gasteiger partial charge in [-0.3, -0.25) is 4.79 Å². The van der Waals surface area contributed by atoms with E-state index < -0.39 is 0 Å². The molecule has 0 spiro atoms. The molecule has 1 amide bonds. The Bertz CT molecular complexity index is 407. The van der Waals surface area contributed by atoms with Crippen LogP contribution in [-0.4, -0.2) is 32.8 Å². The largest absolute Gasteiger partial charge is 0.497 e. The number of hydrogen-bond donors (Lipinski definition) is 2. The molecule has 1 aromatic carbocycles. The molecule has 0 aliphatic carbocycles. The van der Waals surface area contributed by atoms with Crippen LogP contribution in [0.2, 0.25) is 0 Å². The van der Waals surface area contributed by atoms with E-state index in [1.54, 1.807) is 32.4 Å². The molecule has 0 heterocycles. The first-order valence-electron chi connectivity index (χ1n) is 5.81. The first kappa shape index (κ1) is 14.3. The molecule has 100 valence electrons. The van der Waals surface area contributed by atoms with E-state index in [1.165, 1.54) is 0 Å². The second kappa shape index (κ2) is 6.86. The Morgan fingerprint density at radius 3 is 2.72 bits per heavy atom. The summed E-state index contributed by atoms with van der Waals surface area (Å²) in [5, 5.41) is 2.87. The molecule has 0 radical (unpaired) electrons. The van der Waals surface area contributed by atoms with Gasteiger partial charge in [0.05, 0.1) is 12.7 Å². The lowest BCUT2D eigenvalue weighted by atomic mass is 10.1. The average Bonchev–Trinajstić information content (AvgIpc) is 2.35. The highest BCUT2D eigenvalue weighted by Gasteiger charge is 2.13. The van der Waals surface area contributed by atoms with Crippen molar-refractivity contribution >= 4 is 11.6 Å². The van der Waals surface area contributed by atoms with Gasteiger partial charge in [0.25, 0.3) is 5.91 Å². The summed E-state index contributed by atoms with van der Waals surface area (Å²) in [4.78, 5) is 12.0. The van der Waals surface area contributed by atoms with E-state index in [0.29, 0.717) is 23.6 Å². The summed E-state index contributed by atoms with van der Waals surface area (Å²) in [6, 6.07) is 5.05. The number of benzene rings is 1. The van der Waals surface area contributed by atoms with Crippen molar-refractivity contribution < 1.29 is 14.3 Å². The zero-order valence-electron chi connectivity index (χ0n) is 11.0. The topological polar surface area (TPSA) is 73.6 Å². The van der Waals surface area contributed by atoms with Gasteiger partial charge >= 0.3 is 0 Å². The minimum absolute atomic E-state index is 0.0407. The summed E-state index contributed by atoms with van der Waals surface area (Å²) in [6.45, 7) is 2.54. The van der Waals surface area contributed by atoms with Crippen molar-refractivity contribution in [3.05, 3.63) is 23.8 Å². The van der Waals surface area contributed by atoms with Crippen molar-refractivity contribution in [1.82, 2.24) is 5.32 Å². The zero-order chi connectivity index (χ0) is 13.5. The summed E-state index contributed by atoms with van der Waals surface area (Å²) in [5.74, 6) is 0.454.